The van der Waals surface area contributed by atoms with Crippen LogP contribution in [0.15, 0.2) is 58.5 Å². The fraction of sp³-hybridized carbons (Fsp3) is 0. The zero-order valence-electron chi connectivity index (χ0n) is 12.2. The van der Waals surface area contributed by atoms with E-state index >= 15 is 0 Å². The molecule has 0 spiro atoms. The molecule has 3 rings (SSSR count). The molecule has 0 aliphatic rings. The highest BCUT2D eigenvalue weighted by atomic mass is 32.2. The number of sulfonamides is 1. The van der Waals surface area contributed by atoms with E-state index in [9.17, 15) is 13.7 Å². The molecule has 0 unspecified atom stereocenters. The zero-order chi connectivity index (χ0) is 17.2. The number of hydrogen-bond acceptors (Lipinski definition) is 7. The molecule has 0 saturated heterocycles. The van der Waals surface area contributed by atoms with Crippen molar-refractivity contribution in [1.82, 2.24) is 4.98 Å². The number of fused-ring (bicyclic) bond motifs is 1. The molecule has 0 aliphatic carbocycles. The van der Waals surface area contributed by atoms with E-state index in [2.05, 4.69) is 15.5 Å². The monoisotopic (exact) mass is 357 g/mol. The summed E-state index contributed by atoms with van der Waals surface area (Å²) in [4.78, 5) is 4.38. The number of para-hydroxylation sites is 1. The highest BCUT2D eigenvalue weighted by molar-refractivity contribution is 7.89. The van der Waals surface area contributed by atoms with Crippen LogP contribution < -0.4 is 10.6 Å². The third-order valence-electron chi connectivity index (χ3n) is 3.08. The van der Waals surface area contributed by atoms with Gasteiger partial charge in [-0.3, -0.25) is 5.43 Å². The molecular weight excluding hydrogens is 346 g/mol. The van der Waals surface area contributed by atoms with Crippen molar-refractivity contribution in [3.63, 3.8) is 0 Å². The van der Waals surface area contributed by atoms with Crippen LogP contribution in [0.1, 0.15) is 5.01 Å². The molecule has 0 fully saturated rings. The summed E-state index contributed by atoms with van der Waals surface area (Å²) in [5, 5.41) is 18.9. The molecule has 1 aromatic heterocycles. The van der Waals surface area contributed by atoms with E-state index in [0.29, 0.717) is 10.7 Å². The number of nitrogens with zero attached hydrogens (tertiary/aromatic N) is 3. The Bertz CT molecular complexity index is 1030. The first kappa shape index (κ1) is 16.1. The summed E-state index contributed by atoms with van der Waals surface area (Å²) < 4.78 is 23.4. The summed E-state index contributed by atoms with van der Waals surface area (Å²) in [6.45, 7) is 0. The lowest BCUT2D eigenvalue weighted by Gasteiger charge is -2.02. The second-order valence-electron chi connectivity index (χ2n) is 4.74. The van der Waals surface area contributed by atoms with Gasteiger partial charge in [-0.15, -0.1) is 11.3 Å². The molecule has 3 N–H and O–H groups in total. The standard InChI is InChI=1S/C15H11N5O2S2/c16-9-13(15-18-12-3-1-2-4-14(12)23-15)20-19-10-5-7-11(8-6-10)24(17,21)22/h1-8,19H,(H2,17,21,22)/b20-13-. The van der Waals surface area contributed by atoms with E-state index in [1.54, 1.807) is 0 Å². The van der Waals surface area contributed by atoms with Gasteiger partial charge >= 0.3 is 0 Å². The number of hydrogen-bond donors (Lipinski definition) is 2. The van der Waals surface area contributed by atoms with Crippen molar-refractivity contribution in [2.24, 2.45) is 10.2 Å². The SMILES string of the molecule is N#C/C(=N/Nc1ccc(S(N)(=O)=O)cc1)c1nc2ccccc2s1. The minimum absolute atomic E-state index is 0.00343. The molecule has 3 aromatic rings. The van der Waals surface area contributed by atoms with Crippen molar-refractivity contribution in [2.75, 3.05) is 5.43 Å². The fourth-order valence-electron chi connectivity index (χ4n) is 1.93. The Balaban J connectivity index is 1.85. The van der Waals surface area contributed by atoms with Gasteiger partial charge in [-0.05, 0) is 36.4 Å². The van der Waals surface area contributed by atoms with Crippen LogP contribution >= 0.6 is 11.3 Å². The van der Waals surface area contributed by atoms with Crippen LogP contribution in [0.4, 0.5) is 5.69 Å². The third kappa shape index (κ3) is 3.41. The largest absolute Gasteiger partial charge is 0.277 e. The van der Waals surface area contributed by atoms with Gasteiger partial charge in [-0.1, -0.05) is 12.1 Å². The Morgan fingerprint density at radius 1 is 1.21 bits per heavy atom. The van der Waals surface area contributed by atoms with E-state index in [1.165, 1.54) is 35.6 Å². The first-order chi connectivity index (χ1) is 11.5. The van der Waals surface area contributed by atoms with Gasteiger partial charge in [-0.2, -0.15) is 10.4 Å². The van der Waals surface area contributed by atoms with Gasteiger partial charge in [0.25, 0.3) is 0 Å². The predicted molar refractivity (Wildman–Crippen MR) is 93.2 cm³/mol. The van der Waals surface area contributed by atoms with E-state index in [1.807, 2.05) is 30.3 Å². The van der Waals surface area contributed by atoms with Crippen LogP contribution in [0.2, 0.25) is 0 Å². The predicted octanol–water partition coefficient (Wildman–Crippen LogP) is 2.28. The van der Waals surface area contributed by atoms with Crippen molar-refractivity contribution in [3.8, 4) is 6.07 Å². The Kier molecular flexibility index (Phi) is 4.26. The second-order valence-corrected chi connectivity index (χ2v) is 7.33. The van der Waals surface area contributed by atoms with Gasteiger partial charge in [0.15, 0.2) is 10.7 Å². The molecule has 2 aromatic carbocycles. The quantitative estimate of drug-likeness (QED) is 0.548. The maximum Gasteiger partial charge on any atom is 0.238 e. The van der Waals surface area contributed by atoms with Crippen molar-refractivity contribution in [2.45, 2.75) is 4.90 Å². The lowest BCUT2D eigenvalue weighted by Crippen LogP contribution is -2.11. The van der Waals surface area contributed by atoms with Crippen LogP contribution in [0, 0.1) is 11.3 Å². The lowest BCUT2D eigenvalue weighted by atomic mass is 10.3. The van der Waals surface area contributed by atoms with E-state index in [4.69, 9.17) is 5.14 Å². The van der Waals surface area contributed by atoms with E-state index in [0.717, 1.165) is 10.2 Å². The molecule has 120 valence electrons. The van der Waals surface area contributed by atoms with Crippen LogP contribution in [0.5, 0.6) is 0 Å². The molecule has 9 heteroatoms. The molecular formula is C15H11N5O2S2. The zero-order valence-corrected chi connectivity index (χ0v) is 13.8. The van der Waals surface area contributed by atoms with Gasteiger partial charge in [-0.25, -0.2) is 18.5 Å². The fourth-order valence-corrected chi connectivity index (χ4v) is 3.35. The second kappa shape index (κ2) is 6.37. The molecule has 1 heterocycles. The average Bonchev–Trinajstić information content (AvgIpc) is 2.99. The Morgan fingerprint density at radius 3 is 2.54 bits per heavy atom. The van der Waals surface area contributed by atoms with Gasteiger partial charge in [0.2, 0.25) is 10.0 Å². The molecule has 24 heavy (non-hydrogen) atoms. The molecule has 0 amide bonds. The molecule has 0 saturated carbocycles. The number of thiazole rings is 1. The number of nitriles is 1. The molecule has 0 radical (unpaired) electrons. The minimum Gasteiger partial charge on any atom is -0.277 e. The highest BCUT2D eigenvalue weighted by Gasteiger charge is 2.10. The van der Waals surface area contributed by atoms with E-state index in [-0.39, 0.29) is 10.6 Å². The summed E-state index contributed by atoms with van der Waals surface area (Å²) in [5.74, 6) is 0. The summed E-state index contributed by atoms with van der Waals surface area (Å²) in [5.41, 5.74) is 4.19. The maximum absolute atomic E-state index is 11.2. The number of nitrogens with two attached hydrogens (primary N) is 1. The van der Waals surface area contributed by atoms with Crippen LogP contribution in [-0.4, -0.2) is 19.1 Å². The van der Waals surface area contributed by atoms with E-state index < -0.39 is 10.0 Å². The number of anilines is 1. The molecule has 0 atom stereocenters. The minimum atomic E-state index is -3.74. The van der Waals surface area contributed by atoms with Crippen molar-refractivity contribution >= 4 is 43.0 Å². The summed E-state index contributed by atoms with van der Waals surface area (Å²) in [6.07, 6.45) is 0. The van der Waals surface area contributed by atoms with Crippen molar-refractivity contribution < 1.29 is 8.42 Å². The van der Waals surface area contributed by atoms with Crippen molar-refractivity contribution in [3.05, 3.63) is 53.5 Å². The topological polar surface area (TPSA) is 121 Å². The first-order valence-electron chi connectivity index (χ1n) is 6.70. The molecule has 7 nitrogen and oxygen atoms in total. The number of benzene rings is 2. The number of primary sulfonamides is 1. The number of rotatable bonds is 4. The van der Waals surface area contributed by atoms with Gasteiger partial charge in [0.05, 0.1) is 20.8 Å². The Labute approximate surface area is 142 Å². The average molecular weight is 357 g/mol. The highest BCUT2D eigenvalue weighted by Crippen LogP contribution is 2.22. The first-order valence-corrected chi connectivity index (χ1v) is 9.06. The summed E-state index contributed by atoms with van der Waals surface area (Å²) >= 11 is 1.37. The normalized spacial score (nSPS) is 12.1. The van der Waals surface area contributed by atoms with Crippen LogP contribution in [-0.2, 0) is 10.0 Å². The van der Waals surface area contributed by atoms with Crippen LogP contribution in [0.25, 0.3) is 10.2 Å². The number of aromatic nitrogens is 1. The molecule has 0 aliphatic heterocycles. The molecule has 0 bridgehead atoms. The third-order valence-corrected chi connectivity index (χ3v) is 5.05. The van der Waals surface area contributed by atoms with Crippen molar-refractivity contribution in [1.29, 1.82) is 5.26 Å². The Morgan fingerprint density at radius 2 is 1.92 bits per heavy atom. The summed E-state index contributed by atoms with van der Waals surface area (Å²) in [6, 6.07) is 15.3. The number of nitrogens with one attached hydrogen (secondary N) is 1. The smallest absolute Gasteiger partial charge is 0.238 e. The summed E-state index contributed by atoms with van der Waals surface area (Å²) in [7, 11) is -3.74. The van der Waals surface area contributed by atoms with Gasteiger partial charge < -0.3 is 0 Å². The van der Waals surface area contributed by atoms with Gasteiger partial charge in [0.1, 0.15) is 6.07 Å². The van der Waals surface area contributed by atoms with Gasteiger partial charge in [0, 0.05) is 0 Å². The Hall–Kier alpha value is -2.80. The number of hydrazone groups is 1. The van der Waals surface area contributed by atoms with Crippen LogP contribution in [0.3, 0.4) is 0 Å². The lowest BCUT2D eigenvalue weighted by molar-refractivity contribution is 0.598. The maximum atomic E-state index is 11.2.